The van der Waals surface area contributed by atoms with Gasteiger partial charge in [-0.2, -0.15) is 13.2 Å². The smallest absolute Gasteiger partial charge is 0.395 e. The average molecular weight is 604 g/mol. The number of aliphatic hydroxyl groups excluding tert-OH is 3. The van der Waals surface area contributed by atoms with Gasteiger partial charge in [-0.25, -0.2) is 15.6 Å². The van der Waals surface area contributed by atoms with Crippen molar-refractivity contribution in [3.05, 3.63) is 83.6 Å². The number of rotatable bonds is 7. The Morgan fingerprint density at radius 2 is 1.76 bits per heavy atom. The molecule has 4 aromatic rings. The number of halogens is 3. The molecule has 2 heterocycles. The maximum absolute atomic E-state index is 14.0. The first-order chi connectivity index (χ1) is 19.9. The van der Waals surface area contributed by atoms with E-state index in [1.165, 1.54) is 42.9 Å². The molecule has 0 saturated carbocycles. The van der Waals surface area contributed by atoms with Crippen molar-refractivity contribution in [3.63, 3.8) is 0 Å². The van der Waals surface area contributed by atoms with Crippen LogP contribution in [0.5, 0.6) is 0 Å². The van der Waals surface area contributed by atoms with E-state index in [0.29, 0.717) is 16.8 Å². The van der Waals surface area contributed by atoms with Crippen LogP contribution in [0.3, 0.4) is 0 Å². The largest absolute Gasteiger partial charge is 0.416 e. The van der Waals surface area contributed by atoms with E-state index >= 15 is 0 Å². The molecule has 1 aliphatic heterocycles. The number of hydrogen-bond acceptors (Lipinski definition) is 7. The number of fused-ring (bicyclic) bond motifs is 1. The zero-order chi connectivity index (χ0) is 30.4. The highest BCUT2D eigenvalue weighted by molar-refractivity contribution is 8.18. The molecule has 0 spiro atoms. The van der Waals surface area contributed by atoms with Gasteiger partial charge in [0, 0.05) is 27.4 Å². The predicted molar refractivity (Wildman–Crippen MR) is 155 cm³/mol. The lowest BCUT2D eigenvalue weighted by Gasteiger charge is -2.51. The molecule has 1 aromatic heterocycles. The van der Waals surface area contributed by atoms with Gasteiger partial charge in [0.15, 0.2) is 6.29 Å². The van der Waals surface area contributed by atoms with Gasteiger partial charge in [-0.1, -0.05) is 59.8 Å². The number of benzene rings is 3. The van der Waals surface area contributed by atoms with E-state index in [-0.39, 0.29) is 11.3 Å². The molecule has 0 amide bonds. The number of carbonyl (C=O) groups is 1. The number of alkyl halides is 3. The minimum atomic E-state index is -4.69. The Bertz CT molecular complexity index is 1590. The summed E-state index contributed by atoms with van der Waals surface area (Å²) in [6.07, 6.45) is -5.19. The Labute approximate surface area is 242 Å². The van der Waals surface area contributed by atoms with Gasteiger partial charge < -0.3 is 20.4 Å². The molecule has 1 fully saturated rings. The second-order valence-electron chi connectivity index (χ2n) is 11.1. The minimum absolute atomic E-state index is 0.0755. The van der Waals surface area contributed by atoms with Gasteiger partial charge >= 0.3 is 6.18 Å². The summed E-state index contributed by atoms with van der Waals surface area (Å²) in [5.74, 6) is -0.0755. The quantitative estimate of drug-likeness (QED) is 0.159. The van der Waals surface area contributed by atoms with E-state index in [1.807, 2.05) is 30.3 Å². The van der Waals surface area contributed by atoms with Gasteiger partial charge in [-0.15, -0.1) is 5.10 Å². The first kappa shape index (κ1) is 30.2. The molecule has 0 bridgehead atoms. The van der Waals surface area contributed by atoms with Crippen LogP contribution in [0, 0.1) is 0 Å². The summed E-state index contributed by atoms with van der Waals surface area (Å²) in [5, 5.41) is 52.2. The summed E-state index contributed by atoms with van der Waals surface area (Å²) < 4.78 is 43.3. The Balaban J connectivity index is 1.52. The number of nitrogens with zero attached hydrogens (tertiary/aromatic N) is 3. The third-order valence-electron chi connectivity index (χ3n) is 7.89. The molecule has 4 N–H and O–H groups in total. The molecule has 42 heavy (non-hydrogen) atoms. The van der Waals surface area contributed by atoms with E-state index < -0.39 is 63.6 Å². The highest BCUT2D eigenvalue weighted by atomic mass is 32.2. The standard InChI is InChI=1S/C30H32F3N3O5S/c1-29(2,41)28(20-9-5-6-10-22(20)30(31,32)33)42-16-24(39)26(27(40)25(42)15-38)36-13-23(34-35-36)19-12-11-17-7-3-4-8-18(17)21(19)14-37/h3-14,24-28,38-42H,15-16H2,1-2H3/t24-,25+,26-,27-,28+/m0/s1. The number of hydrogen-bond donors (Lipinski definition) is 5. The highest BCUT2D eigenvalue weighted by Gasteiger charge is 2.50. The predicted octanol–water partition coefficient (Wildman–Crippen LogP) is 4.08. The monoisotopic (exact) mass is 603 g/mol. The number of aldehydes is 1. The summed E-state index contributed by atoms with van der Waals surface area (Å²) in [5.41, 5.74) is -1.51. The zero-order valence-corrected chi connectivity index (χ0v) is 23.7. The fraction of sp³-hybridized carbons (Fsp3) is 0.367. The molecule has 0 radical (unpaired) electrons. The Morgan fingerprint density at radius 1 is 1.07 bits per heavy atom. The molecule has 224 valence electrons. The molecule has 12 heteroatoms. The average Bonchev–Trinajstić information content (AvgIpc) is 3.41. The summed E-state index contributed by atoms with van der Waals surface area (Å²) in [6, 6.07) is 14.8. The van der Waals surface area contributed by atoms with E-state index in [4.69, 9.17) is 0 Å². The van der Waals surface area contributed by atoms with Gasteiger partial charge in [0.1, 0.15) is 11.7 Å². The first-order valence-electron chi connectivity index (χ1n) is 13.4. The van der Waals surface area contributed by atoms with Gasteiger partial charge in [-0.05, 0) is 36.2 Å². The maximum Gasteiger partial charge on any atom is 0.416 e. The number of aliphatic hydroxyl groups is 4. The Kier molecular flexibility index (Phi) is 8.20. The van der Waals surface area contributed by atoms with E-state index in [2.05, 4.69) is 10.3 Å². The normalized spacial score (nSPS) is 24.9. The van der Waals surface area contributed by atoms with Crippen LogP contribution >= 0.6 is 10.9 Å². The lowest BCUT2D eigenvalue weighted by molar-refractivity contribution is -0.138. The molecule has 5 rings (SSSR count). The fourth-order valence-corrected chi connectivity index (χ4v) is 9.79. The molecule has 6 atom stereocenters. The third-order valence-corrected chi connectivity index (χ3v) is 11.6. The van der Waals surface area contributed by atoms with Crippen LogP contribution in [0.4, 0.5) is 13.2 Å². The van der Waals surface area contributed by atoms with E-state index in [0.717, 1.165) is 23.1 Å². The van der Waals surface area contributed by atoms with Crippen LogP contribution < -0.4 is 0 Å². The number of carbonyl (C=O) groups excluding carboxylic acids is 1. The Hall–Kier alpha value is -3.29. The van der Waals surface area contributed by atoms with Gasteiger partial charge in [0.05, 0.1) is 36.2 Å². The lowest BCUT2D eigenvalue weighted by Crippen LogP contribution is -2.52. The molecule has 3 aromatic carbocycles. The van der Waals surface area contributed by atoms with Gasteiger partial charge in [-0.3, -0.25) is 4.79 Å². The Morgan fingerprint density at radius 3 is 2.43 bits per heavy atom. The summed E-state index contributed by atoms with van der Waals surface area (Å²) >= 11 is 0. The van der Waals surface area contributed by atoms with E-state index in [1.54, 1.807) is 6.07 Å². The number of aromatic nitrogens is 3. The molecular weight excluding hydrogens is 571 g/mol. The van der Waals surface area contributed by atoms with Crippen molar-refractivity contribution in [2.75, 3.05) is 12.4 Å². The third kappa shape index (κ3) is 5.45. The molecule has 1 aliphatic rings. The van der Waals surface area contributed by atoms with Crippen molar-refractivity contribution in [3.8, 4) is 11.3 Å². The van der Waals surface area contributed by atoms with Crippen LogP contribution in [0.2, 0.25) is 0 Å². The summed E-state index contributed by atoms with van der Waals surface area (Å²) in [6.45, 7) is 2.20. The summed E-state index contributed by atoms with van der Waals surface area (Å²) in [7, 11) is -1.79. The van der Waals surface area contributed by atoms with Crippen LogP contribution in [-0.2, 0) is 6.18 Å². The zero-order valence-electron chi connectivity index (χ0n) is 22.8. The lowest BCUT2D eigenvalue weighted by atomic mass is 9.93. The fourth-order valence-electron chi connectivity index (χ4n) is 6.10. The molecule has 8 nitrogen and oxygen atoms in total. The minimum Gasteiger partial charge on any atom is -0.395 e. The number of thiol groups is 1. The summed E-state index contributed by atoms with van der Waals surface area (Å²) in [4.78, 5) is 12.0. The topological polar surface area (TPSA) is 129 Å². The van der Waals surface area contributed by atoms with Gasteiger partial charge in [0.2, 0.25) is 0 Å². The van der Waals surface area contributed by atoms with Crippen molar-refractivity contribution in [1.82, 2.24) is 15.0 Å². The molecule has 0 aliphatic carbocycles. The van der Waals surface area contributed by atoms with Crippen LogP contribution in [0.15, 0.2) is 66.9 Å². The van der Waals surface area contributed by atoms with Crippen LogP contribution in [-0.4, -0.2) is 77.1 Å². The van der Waals surface area contributed by atoms with Crippen molar-refractivity contribution < 1.29 is 38.4 Å². The van der Waals surface area contributed by atoms with Crippen molar-refractivity contribution >= 4 is 28.0 Å². The maximum atomic E-state index is 14.0. The molecular formula is C30H32F3N3O5S. The highest BCUT2D eigenvalue weighted by Crippen LogP contribution is 2.58. The van der Waals surface area contributed by atoms with Crippen LogP contribution in [0.25, 0.3) is 22.0 Å². The second kappa shape index (κ2) is 11.4. The van der Waals surface area contributed by atoms with Crippen molar-refractivity contribution in [1.29, 1.82) is 0 Å². The van der Waals surface area contributed by atoms with Crippen molar-refractivity contribution in [2.24, 2.45) is 0 Å². The van der Waals surface area contributed by atoms with Crippen molar-refractivity contribution in [2.45, 2.75) is 54.4 Å². The molecule has 1 saturated heterocycles. The SMILES string of the molecule is CC(C)(O)[C@@H](c1ccccc1C(F)(F)F)[SH]1C[C@H](O)[C@H](n2cc(-c3ccc4ccccc4c3C=O)nn2)[C@@H](O)[C@H]1CO. The van der Waals surface area contributed by atoms with E-state index in [9.17, 15) is 38.4 Å². The van der Waals surface area contributed by atoms with Gasteiger partial charge in [0.25, 0.3) is 0 Å². The van der Waals surface area contributed by atoms with Crippen LogP contribution in [0.1, 0.15) is 46.6 Å². The molecule has 1 unspecified atom stereocenters. The second-order valence-corrected chi connectivity index (χ2v) is 13.7. The first-order valence-corrected chi connectivity index (χ1v) is 15.0.